The summed E-state index contributed by atoms with van der Waals surface area (Å²) >= 11 is 1.65. The van der Waals surface area contributed by atoms with Crippen LogP contribution in [-0.4, -0.2) is 66.0 Å². The van der Waals surface area contributed by atoms with Gasteiger partial charge in [0.2, 0.25) is 0 Å². The average molecular weight is 304 g/mol. The quantitative estimate of drug-likeness (QED) is 0.732. The monoisotopic (exact) mass is 304 g/mol. The molecule has 0 aliphatic carbocycles. The lowest BCUT2D eigenvalue weighted by atomic mass is 10.1. The van der Waals surface area contributed by atoms with Gasteiger partial charge in [0.05, 0.1) is 11.5 Å². The van der Waals surface area contributed by atoms with Crippen molar-refractivity contribution < 1.29 is 8.42 Å². The fourth-order valence-electron chi connectivity index (χ4n) is 2.13. The van der Waals surface area contributed by atoms with Crippen LogP contribution >= 0.6 is 11.8 Å². The van der Waals surface area contributed by atoms with Crippen molar-refractivity contribution in [2.24, 2.45) is 7.05 Å². The fourth-order valence-corrected chi connectivity index (χ4v) is 4.89. The fraction of sp³-hybridized carbons (Fsp3) is 0.818. The third-order valence-electron chi connectivity index (χ3n) is 3.24. The lowest BCUT2D eigenvalue weighted by Gasteiger charge is -2.09. The molecule has 0 saturated carbocycles. The van der Waals surface area contributed by atoms with Gasteiger partial charge in [0, 0.05) is 25.3 Å². The molecule has 0 N–H and O–H groups in total. The van der Waals surface area contributed by atoms with E-state index in [9.17, 15) is 8.42 Å². The molecule has 0 bridgehead atoms. The lowest BCUT2D eigenvalue weighted by Crippen LogP contribution is -2.15. The molecule has 1 aromatic rings. The minimum absolute atomic E-state index is 0.00528. The van der Waals surface area contributed by atoms with Crippen LogP contribution in [0.15, 0.2) is 5.16 Å². The summed E-state index contributed by atoms with van der Waals surface area (Å²) in [6.45, 7) is 0.977. The molecule has 1 aromatic heterocycles. The zero-order chi connectivity index (χ0) is 14.0. The second-order valence-corrected chi connectivity index (χ2v) is 8.44. The molecule has 0 spiro atoms. The van der Waals surface area contributed by atoms with Crippen molar-refractivity contribution >= 4 is 21.6 Å². The highest BCUT2D eigenvalue weighted by molar-refractivity contribution is 7.99. The van der Waals surface area contributed by atoms with Crippen LogP contribution in [0.4, 0.5) is 0 Å². The number of aromatic nitrogens is 3. The smallest absolute Gasteiger partial charge is 0.191 e. The first-order chi connectivity index (χ1) is 8.89. The van der Waals surface area contributed by atoms with Crippen molar-refractivity contribution in [2.45, 2.75) is 17.5 Å². The van der Waals surface area contributed by atoms with Gasteiger partial charge in [-0.1, -0.05) is 11.8 Å². The Morgan fingerprint density at radius 2 is 2.16 bits per heavy atom. The van der Waals surface area contributed by atoms with E-state index < -0.39 is 9.84 Å². The largest absolute Gasteiger partial charge is 0.309 e. The van der Waals surface area contributed by atoms with Crippen molar-refractivity contribution in [1.29, 1.82) is 0 Å². The van der Waals surface area contributed by atoms with Crippen LogP contribution in [0.3, 0.4) is 0 Å². The van der Waals surface area contributed by atoms with Crippen molar-refractivity contribution in [3.05, 3.63) is 5.82 Å². The minimum atomic E-state index is -2.87. The normalized spacial score (nSPS) is 22.2. The summed E-state index contributed by atoms with van der Waals surface area (Å²) in [5.74, 6) is 2.23. The van der Waals surface area contributed by atoms with Gasteiger partial charge < -0.3 is 9.47 Å². The molecule has 2 rings (SSSR count). The summed E-state index contributed by atoms with van der Waals surface area (Å²) < 4.78 is 25.0. The summed E-state index contributed by atoms with van der Waals surface area (Å²) in [4.78, 5) is 2.12. The van der Waals surface area contributed by atoms with E-state index in [0.29, 0.717) is 6.42 Å². The van der Waals surface area contributed by atoms with Gasteiger partial charge in [0.15, 0.2) is 15.0 Å². The van der Waals surface area contributed by atoms with Gasteiger partial charge in [-0.2, -0.15) is 0 Å². The molecular formula is C11H20N4O2S2. The molecule has 0 amide bonds. The van der Waals surface area contributed by atoms with Gasteiger partial charge in [0.1, 0.15) is 5.82 Å². The summed E-state index contributed by atoms with van der Waals surface area (Å²) in [6.07, 6.45) is 0.663. The van der Waals surface area contributed by atoms with Crippen LogP contribution in [-0.2, 0) is 16.9 Å². The van der Waals surface area contributed by atoms with Crippen LogP contribution in [0.25, 0.3) is 0 Å². The van der Waals surface area contributed by atoms with Gasteiger partial charge in [-0.25, -0.2) is 8.42 Å². The van der Waals surface area contributed by atoms with Gasteiger partial charge >= 0.3 is 0 Å². The van der Waals surface area contributed by atoms with Crippen molar-refractivity contribution in [3.8, 4) is 0 Å². The Hall–Kier alpha value is -0.600. The number of thioether (sulfide) groups is 1. The van der Waals surface area contributed by atoms with E-state index in [1.807, 2.05) is 25.7 Å². The molecule has 8 heteroatoms. The van der Waals surface area contributed by atoms with E-state index in [4.69, 9.17) is 0 Å². The Balaban J connectivity index is 2.02. The summed E-state index contributed by atoms with van der Waals surface area (Å²) in [5.41, 5.74) is 0. The maximum absolute atomic E-state index is 11.5. The highest BCUT2D eigenvalue weighted by atomic mass is 32.2. The summed E-state index contributed by atoms with van der Waals surface area (Å²) in [6, 6.07) is 0. The maximum atomic E-state index is 11.5. The molecule has 0 unspecified atom stereocenters. The first-order valence-corrected chi connectivity index (χ1v) is 9.07. The average Bonchev–Trinajstić information content (AvgIpc) is 2.83. The molecule has 2 heterocycles. The number of rotatable bonds is 5. The molecule has 6 nitrogen and oxygen atoms in total. The molecule has 1 fully saturated rings. The topological polar surface area (TPSA) is 68.1 Å². The van der Waals surface area contributed by atoms with E-state index in [2.05, 4.69) is 15.1 Å². The Morgan fingerprint density at radius 3 is 2.74 bits per heavy atom. The molecule has 0 aromatic carbocycles. The standard InChI is InChI=1S/C11H20N4O2S2/c1-14(2)5-6-18-11-13-12-10(15(11)3)9-4-7-19(16,17)8-9/h9H,4-8H2,1-3H3/t9-/m1/s1. The van der Waals surface area contributed by atoms with E-state index >= 15 is 0 Å². The summed E-state index contributed by atoms with van der Waals surface area (Å²) in [5, 5.41) is 9.20. The Labute approximate surface area is 118 Å². The number of hydrogen-bond donors (Lipinski definition) is 0. The predicted molar refractivity (Wildman–Crippen MR) is 76.3 cm³/mol. The van der Waals surface area contributed by atoms with Crippen LogP contribution < -0.4 is 0 Å². The molecule has 1 aliphatic rings. The highest BCUT2D eigenvalue weighted by Crippen LogP contribution is 2.29. The van der Waals surface area contributed by atoms with Gasteiger partial charge in [-0.15, -0.1) is 10.2 Å². The first-order valence-electron chi connectivity index (χ1n) is 6.26. The third kappa shape index (κ3) is 3.70. The highest BCUT2D eigenvalue weighted by Gasteiger charge is 2.32. The Morgan fingerprint density at radius 1 is 1.42 bits per heavy atom. The SMILES string of the molecule is CN(C)CCSc1nnc([C@@H]2CCS(=O)(=O)C2)n1C. The van der Waals surface area contributed by atoms with Gasteiger partial charge in [-0.3, -0.25) is 0 Å². The van der Waals surface area contributed by atoms with E-state index in [0.717, 1.165) is 23.3 Å². The first kappa shape index (κ1) is 14.8. The van der Waals surface area contributed by atoms with E-state index in [-0.39, 0.29) is 17.4 Å². The lowest BCUT2D eigenvalue weighted by molar-refractivity contribution is 0.437. The number of nitrogens with zero attached hydrogens (tertiary/aromatic N) is 4. The predicted octanol–water partition coefficient (Wildman–Crippen LogP) is 0.371. The second-order valence-electron chi connectivity index (χ2n) is 5.15. The number of sulfone groups is 1. The molecule has 1 atom stereocenters. The molecular weight excluding hydrogens is 284 g/mol. The molecule has 0 radical (unpaired) electrons. The maximum Gasteiger partial charge on any atom is 0.191 e. The van der Waals surface area contributed by atoms with E-state index in [1.165, 1.54) is 0 Å². The van der Waals surface area contributed by atoms with Crippen LogP contribution in [0.1, 0.15) is 18.2 Å². The third-order valence-corrected chi connectivity index (χ3v) is 6.00. The minimum Gasteiger partial charge on any atom is -0.309 e. The molecule has 108 valence electrons. The molecule has 1 saturated heterocycles. The van der Waals surface area contributed by atoms with Crippen LogP contribution in [0.2, 0.25) is 0 Å². The van der Waals surface area contributed by atoms with Crippen molar-refractivity contribution in [3.63, 3.8) is 0 Å². The van der Waals surface area contributed by atoms with E-state index in [1.54, 1.807) is 11.8 Å². The number of hydrogen-bond acceptors (Lipinski definition) is 6. The molecule has 1 aliphatic heterocycles. The zero-order valence-electron chi connectivity index (χ0n) is 11.5. The summed E-state index contributed by atoms with van der Waals surface area (Å²) in [7, 11) is 3.11. The van der Waals surface area contributed by atoms with Crippen molar-refractivity contribution in [1.82, 2.24) is 19.7 Å². The second kappa shape index (κ2) is 5.80. The Bertz CT molecular complexity index is 539. The van der Waals surface area contributed by atoms with Crippen LogP contribution in [0, 0.1) is 0 Å². The van der Waals surface area contributed by atoms with Gasteiger partial charge in [0.25, 0.3) is 0 Å². The van der Waals surface area contributed by atoms with Gasteiger partial charge in [-0.05, 0) is 20.5 Å². The van der Waals surface area contributed by atoms with Crippen molar-refractivity contribution in [2.75, 3.05) is 37.9 Å². The zero-order valence-corrected chi connectivity index (χ0v) is 13.2. The van der Waals surface area contributed by atoms with Crippen LogP contribution in [0.5, 0.6) is 0 Å². The Kier molecular flexibility index (Phi) is 4.52. The molecule has 19 heavy (non-hydrogen) atoms.